The van der Waals surface area contributed by atoms with E-state index in [0.717, 1.165) is 22.3 Å². The maximum absolute atomic E-state index is 13.2. The molecular weight excluding hydrogens is 630 g/mol. The molecule has 1 aliphatic heterocycles. The zero-order valence-electron chi connectivity index (χ0n) is 27.7. The van der Waals surface area contributed by atoms with Crippen molar-refractivity contribution in [3.05, 3.63) is 131 Å². The topological polar surface area (TPSA) is 136 Å². The molecule has 50 heavy (non-hydrogen) atoms. The van der Waals surface area contributed by atoms with Gasteiger partial charge in [-0.25, -0.2) is 0 Å². The molecule has 9 nitrogen and oxygen atoms in total. The number of benzene rings is 4. The molecule has 0 bridgehead atoms. The molecule has 0 aromatic heterocycles. The first-order valence-corrected chi connectivity index (χ1v) is 17.0. The second-order valence-corrected chi connectivity index (χ2v) is 13.1. The summed E-state index contributed by atoms with van der Waals surface area (Å²) >= 11 is 0. The average Bonchev–Trinajstić information content (AvgIpc) is 3.72. The number of Topliss-reactive ketones (excluding diaryl/α,β-unsaturated/α-hetero) is 1. The van der Waals surface area contributed by atoms with Gasteiger partial charge >= 0.3 is 0 Å². The van der Waals surface area contributed by atoms with Crippen molar-refractivity contribution in [1.29, 1.82) is 0 Å². The van der Waals surface area contributed by atoms with E-state index in [1.54, 1.807) is 24.3 Å². The molecule has 0 radical (unpaired) electrons. The molecule has 256 valence electrons. The fraction of sp³-hybridized carbons (Fsp3) is 0.268. The number of rotatable bonds is 11. The summed E-state index contributed by atoms with van der Waals surface area (Å²) in [6.45, 7) is 0.127. The van der Waals surface area contributed by atoms with Crippen molar-refractivity contribution < 1.29 is 29.4 Å². The molecule has 0 spiro atoms. The largest absolute Gasteiger partial charge is 0.393 e. The lowest BCUT2D eigenvalue weighted by Gasteiger charge is -2.24. The van der Waals surface area contributed by atoms with Crippen molar-refractivity contribution in [3.63, 3.8) is 0 Å². The summed E-state index contributed by atoms with van der Waals surface area (Å²) in [6.07, 6.45) is 3.58. The van der Waals surface area contributed by atoms with Gasteiger partial charge in [0, 0.05) is 36.7 Å². The van der Waals surface area contributed by atoms with Gasteiger partial charge in [0.05, 0.1) is 24.5 Å². The highest BCUT2D eigenvalue weighted by Gasteiger charge is 2.42. The summed E-state index contributed by atoms with van der Waals surface area (Å²) in [7, 11) is 0. The van der Waals surface area contributed by atoms with Crippen LogP contribution in [-0.2, 0) is 32.0 Å². The molecule has 1 heterocycles. The van der Waals surface area contributed by atoms with Crippen LogP contribution in [-0.4, -0.2) is 63.4 Å². The number of likely N-dealkylation sites (tertiary alicyclic amines) is 1. The lowest BCUT2D eigenvalue weighted by atomic mass is 9.88. The number of hydrogen-bond acceptors (Lipinski definition) is 6. The Morgan fingerprint density at radius 2 is 1.10 bits per heavy atom. The minimum Gasteiger partial charge on any atom is -0.393 e. The molecule has 1 saturated heterocycles. The maximum atomic E-state index is 13.2. The maximum Gasteiger partial charge on any atom is 0.247 e. The van der Waals surface area contributed by atoms with Crippen LogP contribution in [0.5, 0.6) is 0 Å². The second kappa shape index (κ2) is 15.9. The molecule has 1 unspecified atom stereocenters. The Morgan fingerprint density at radius 1 is 0.600 bits per heavy atom. The second-order valence-electron chi connectivity index (χ2n) is 13.1. The molecule has 3 amide bonds. The molecule has 2 fully saturated rings. The SMILES string of the molecule is O=C(Cc1ccccc1)C1C[C@H](O)C[C@H]1C(=O)Nc1ccc(/C=C/c2ccc(NC(=O)[C@@H]3C[C@@H](O)CN3C(=O)Cc3ccccc3)cc2)cc1. The average molecular weight is 672 g/mol. The number of carbonyl (C=O) groups is 4. The first-order valence-electron chi connectivity index (χ1n) is 17.0. The number of nitrogens with zero attached hydrogens (tertiary/aromatic N) is 1. The molecule has 4 aromatic carbocycles. The van der Waals surface area contributed by atoms with E-state index in [1.807, 2.05) is 97.1 Å². The van der Waals surface area contributed by atoms with Crippen LogP contribution in [0.3, 0.4) is 0 Å². The molecule has 6 rings (SSSR count). The lowest BCUT2D eigenvalue weighted by Crippen LogP contribution is -2.43. The molecule has 4 aromatic rings. The third kappa shape index (κ3) is 8.80. The standard InChI is InChI=1S/C41H41N3O6/c45-33-23-35(38(47)21-29-7-3-1-4-8-29)36(24-33)40(49)42-31-17-13-27(14-18-31)11-12-28-15-19-32(20-16-28)43-41(50)37-25-34(46)26-44(37)39(48)22-30-9-5-2-6-10-30/h1-20,33-37,45-46H,21-26H2,(H,42,49)(H,43,50)/b12-11+/t33-,34+,35?,36+,37-/m0/s1. The van der Waals surface area contributed by atoms with Gasteiger partial charge in [-0.1, -0.05) is 97.1 Å². The van der Waals surface area contributed by atoms with Gasteiger partial charge in [0.25, 0.3) is 0 Å². The van der Waals surface area contributed by atoms with Crippen LogP contribution in [0, 0.1) is 11.8 Å². The van der Waals surface area contributed by atoms with E-state index < -0.39 is 30.1 Å². The van der Waals surface area contributed by atoms with Crippen molar-refractivity contribution >= 4 is 47.0 Å². The third-order valence-corrected chi connectivity index (χ3v) is 9.43. The first kappa shape index (κ1) is 34.5. The monoisotopic (exact) mass is 671 g/mol. The van der Waals surface area contributed by atoms with Crippen molar-refractivity contribution in [2.24, 2.45) is 11.8 Å². The van der Waals surface area contributed by atoms with Crippen molar-refractivity contribution in [1.82, 2.24) is 4.90 Å². The summed E-state index contributed by atoms with van der Waals surface area (Å²) in [4.78, 5) is 53.8. The van der Waals surface area contributed by atoms with Crippen LogP contribution >= 0.6 is 0 Å². The summed E-state index contributed by atoms with van der Waals surface area (Å²) in [5, 5.41) is 26.3. The zero-order valence-corrected chi connectivity index (χ0v) is 27.7. The summed E-state index contributed by atoms with van der Waals surface area (Å²) in [6, 6.07) is 32.7. The predicted octanol–water partition coefficient (Wildman–Crippen LogP) is 5.14. The number of β-amino-alcohol motifs (C(OH)–C–C–N with tert-alkyl or cyclic N) is 1. The molecule has 4 N–H and O–H groups in total. The molecule has 1 aliphatic carbocycles. The Morgan fingerprint density at radius 3 is 1.66 bits per heavy atom. The Balaban J connectivity index is 1.00. The summed E-state index contributed by atoms with van der Waals surface area (Å²) in [5.74, 6) is -1.94. The van der Waals surface area contributed by atoms with E-state index in [2.05, 4.69) is 10.6 Å². The van der Waals surface area contributed by atoms with Gasteiger partial charge in [-0.2, -0.15) is 0 Å². The molecule has 2 aliphatic rings. The number of amides is 3. The molecule has 5 atom stereocenters. The highest BCUT2D eigenvalue weighted by Crippen LogP contribution is 2.35. The van der Waals surface area contributed by atoms with Crippen LogP contribution in [0.1, 0.15) is 41.5 Å². The van der Waals surface area contributed by atoms with Crippen LogP contribution in [0.2, 0.25) is 0 Å². The normalized spacial score (nSPS) is 21.6. The molecule has 9 heteroatoms. The number of hydrogen-bond donors (Lipinski definition) is 4. The van der Waals surface area contributed by atoms with E-state index in [-0.39, 0.29) is 55.7 Å². The van der Waals surface area contributed by atoms with Gasteiger partial charge in [-0.05, 0) is 59.4 Å². The number of aliphatic hydroxyl groups excluding tert-OH is 2. The minimum absolute atomic E-state index is 0.0323. The van der Waals surface area contributed by atoms with Crippen molar-refractivity contribution in [2.75, 3.05) is 17.2 Å². The van der Waals surface area contributed by atoms with Crippen LogP contribution in [0.25, 0.3) is 12.2 Å². The van der Waals surface area contributed by atoms with Gasteiger partial charge in [-0.3, -0.25) is 19.2 Å². The fourth-order valence-corrected chi connectivity index (χ4v) is 6.80. The van der Waals surface area contributed by atoms with E-state index in [1.165, 1.54) is 4.90 Å². The van der Waals surface area contributed by atoms with Crippen LogP contribution in [0.4, 0.5) is 11.4 Å². The molecular formula is C41H41N3O6. The first-order chi connectivity index (χ1) is 24.2. The summed E-state index contributed by atoms with van der Waals surface area (Å²) < 4.78 is 0. The number of aliphatic hydroxyl groups is 2. The van der Waals surface area contributed by atoms with Crippen molar-refractivity contribution in [3.8, 4) is 0 Å². The number of nitrogens with one attached hydrogen (secondary N) is 2. The number of ketones is 1. The fourth-order valence-electron chi connectivity index (χ4n) is 6.80. The van der Waals surface area contributed by atoms with Gasteiger partial charge in [0.1, 0.15) is 11.8 Å². The minimum atomic E-state index is -0.752. The van der Waals surface area contributed by atoms with Crippen molar-refractivity contribution in [2.45, 2.75) is 50.4 Å². The smallest absolute Gasteiger partial charge is 0.247 e. The van der Waals surface area contributed by atoms with E-state index >= 15 is 0 Å². The third-order valence-electron chi connectivity index (χ3n) is 9.43. The number of anilines is 2. The Bertz CT molecular complexity index is 1690. The van der Waals surface area contributed by atoms with Gasteiger partial charge in [0.15, 0.2) is 0 Å². The quantitative estimate of drug-likeness (QED) is 0.163. The Hall–Kier alpha value is -5.38. The molecule has 1 saturated carbocycles. The Labute approximate surface area is 291 Å². The van der Waals surface area contributed by atoms with Gasteiger partial charge in [0.2, 0.25) is 17.7 Å². The Kier molecular flexibility index (Phi) is 11.0. The van der Waals surface area contributed by atoms with Gasteiger partial charge in [-0.15, -0.1) is 0 Å². The lowest BCUT2D eigenvalue weighted by molar-refractivity contribution is -0.136. The highest BCUT2D eigenvalue weighted by molar-refractivity contribution is 5.98. The zero-order chi connectivity index (χ0) is 35.0. The van der Waals surface area contributed by atoms with E-state index in [0.29, 0.717) is 17.8 Å². The van der Waals surface area contributed by atoms with Gasteiger partial charge < -0.3 is 25.7 Å². The highest BCUT2D eigenvalue weighted by atomic mass is 16.3. The van der Waals surface area contributed by atoms with E-state index in [4.69, 9.17) is 0 Å². The predicted molar refractivity (Wildman–Crippen MR) is 193 cm³/mol. The van der Waals surface area contributed by atoms with Crippen LogP contribution in [0.15, 0.2) is 109 Å². The van der Waals surface area contributed by atoms with Crippen LogP contribution < -0.4 is 10.6 Å². The van der Waals surface area contributed by atoms with E-state index in [9.17, 15) is 29.4 Å². The summed E-state index contributed by atoms with van der Waals surface area (Å²) in [5.41, 5.74) is 4.76. The number of carbonyl (C=O) groups excluding carboxylic acids is 4.